The molecule has 0 bridgehead atoms. The number of nitrogens with zero attached hydrogens (tertiary/aromatic N) is 2. The second kappa shape index (κ2) is 8.10. The molecule has 0 unspecified atom stereocenters. The summed E-state index contributed by atoms with van der Waals surface area (Å²) >= 11 is 0. The molecule has 2 aromatic carbocycles. The number of nitrogens with one attached hydrogen (secondary N) is 2. The van der Waals surface area contributed by atoms with Gasteiger partial charge in [0, 0.05) is 34.4 Å². The van der Waals surface area contributed by atoms with Crippen molar-refractivity contribution in [2.45, 2.75) is 26.8 Å². The Hall–Kier alpha value is -3.87. The number of rotatable bonds is 5. The summed E-state index contributed by atoms with van der Waals surface area (Å²) in [6.45, 7) is 5.76. The van der Waals surface area contributed by atoms with Gasteiger partial charge in [0.2, 0.25) is 5.91 Å². The van der Waals surface area contributed by atoms with E-state index < -0.39 is 17.8 Å². The maximum atomic E-state index is 12.8. The van der Waals surface area contributed by atoms with Crippen molar-refractivity contribution in [3.05, 3.63) is 71.6 Å². The van der Waals surface area contributed by atoms with Gasteiger partial charge in [-0.25, -0.2) is 9.69 Å². The molecule has 0 atom stereocenters. The largest absolute Gasteiger partial charge is 0.344 e. The van der Waals surface area contributed by atoms with Crippen LogP contribution in [0.15, 0.2) is 60.4 Å². The van der Waals surface area contributed by atoms with E-state index in [0.29, 0.717) is 5.69 Å². The van der Waals surface area contributed by atoms with Crippen LogP contribution >= 0.6 is 0 Å². The van der Waals surface area contributed by atoms with Crippen LogP contribution in [0.25, 0.3) is 17.0 Å². The minimum Gasteiger partial charge on any atom is -0.344 e. The van der Waals surface area contributed by atoms with Crippen LogP contribution in [0.5, 0.6) is 0 Å². The lowest BCUT2D eigenvalue weighted by Gasteiger charge is -2.12. The Morgan fingerprint density at radius 3 is 2.52 bits per heavy atom. The summed E-state index contributed by atoms with van der Waals surface area (Å²) in [5.74, 6) is -0.963. The zero-order chi connectivity index (χ0) is 22.1. The first-order valence-corrected chi connectivity index (χ1v) is 10.1. The molecule has 4 amide bonds. The van der Waals surface area contributed by atoms with E-state index in [1.165, 1.54) is 0 Å². The van der Waals surface area contributed by atoms with E-state index in [1.807, 2.05) is 49.5 Å². The van der Waals surface area contributed by atoms with Crippen LogP contribution in [-0.4, -0.2) is 33.9 Å². The number of hydrogen-bond acceptors (Lipinski definition) is 3. The van der Waals surface area contributed by atoms with Crippen LogP contribution in [0.2, 0.25) is 0 Å². The third kappa shape index (κ3) is 4.07. The first-order chi connectivity index (χ1) is 14.8. The van der Waals surface area contributed by atoms with Gasteiger partial charge < -0.3 is 15.2 Å². The van der Waals surface area contributed by atoms with Crippen LogP contribution in [-0.2, 0) is 9.59 Å². The average Bonchev–Trinajstić information content (AvgIpc) is 3.23. The summed E-state index contributed by atoms with van der Waals surface area (Å²) in [5, 5.41) is 6.28. The summed E-state index contributed by atoms with van der Waals surface area (Å²) < 4.78 is 2.12. The molecule has 1 aliphatic rings. The van der Waals surface area contributed by atoms with Gasteiger partial charge in [0.25, 0.3) is 5.91 Å². The molecule has 1 aromatic heterocycles. The third-order valence-electron chi connectivity index (χ3n) is 5.23. The fourth-order valence-electron chi connectivity index (χ4n) is 3.63. The van der Waals surface area contributed by atoms with Gasteiger partial charge in [0.1, 0.15) is 12.2 Å². The molecular weight excluding hydrogens is 392 g/mol. The number of anilines is 1. The Kier molecular flexibility index (Phi) is 5.33. The molecule has 1 fully saturated rings. The maximum absolute atomic E-state index is 12.8. The topological polar surface area (TPSA) is 83.4 Å². The van der Waals surface area contributed by atoms with E-state index in [4.69, 9.17) is 0 Å². The molecule has 0 radical (unpaired) electrons. The van der Waals surface area contributed by atoms with Crippen molar-refractivity contribution in [3.63, 3.8) is 0 Å². The Morgan fingerprint density at radius 1 is 1.10 bits per heavy atom. The number of aromatic nitrogens is 1. The van der Waals surface area contributed by atoms with Gasteiger partial charge >= 0.3 is 6.03 Å². The van der Waals surface area contributed by atoms with Gasteiger partial charge in [-0.2, -0.15) is 0 Å². The minimum atomic E-state index is -0.608. The second-order valence-corrected chi connectivity index (χ2v) is 7.90. The van der Waals surface area contributed by atoms with E-state index in [0.717, 1.165) is 26.9 Å². The standard InChI is InChI=1S/C24H24N4O3/c1-15(2)27-13-17(19-6-4-5-7-21(19)27)12-20-23(30)28(24(31)26-20)14-22(29)25-18-10-8-16(3)9-11-18/h4-13,15H,14H2,1-3H3,(H,25,29)(H,26,31)/b20-12-. The van der Waals surface area contributed by atoms with E-state index in [2.05, 4.69) is 29.0 Å². The molecule has 31 heavy (non-hydrogen) atoms. The molecule has 2 heterocycles. The smallest absolute Gasteiger partial charge is 0.329 e. The van der Waals surface area contributed by atoms with Gasteiger partial charge in [0.15, 0.2) is 0 Å². The predicted molar refractivity (Wildman–Crippen MR) is 120 cm³/mol. The number of fused-ring (bicyclic) bond motifs is 1. The molecule has 7 nitrogen and oxygen atoms in total. The van der Waals surface area contributed by atoms with Crippen molar-refractivity contribution in [1.29, 1.82) is 0 Å². The third-order valence-corrected chi connectivity index (χ3v) is 5.23. The van der Waals surface area contributed by atoms with Crippen LogP contribution in [0, 0.1) is 6.92 Å². The lowest BCUT2D eigenvalue weighted by molar-refractivity contribution is -0.127. The minimum absolute atomic E-state index is 0.153. The Labute approximate surface area is 180 Å². The van der Waals surface area contributed by atoms with Crippen LogP contribution in [0.4, 0.5) is 10.5 Å². The van der Waals surface area contributed by atoms with Crippen molar-refractivity contribution < 1.29 is 14.4 Å². The molecule has 0 aliphatic carbocycles. The van der Waals surface area contributed by atoms with E-state index in [9.17, 15) is 14.4 Å². The number of imide groups is 1. The van der Waals surface area contributed by atoms with Crippen molar-refractivity contribution in [3.8, 4) is 0 Å². The van der Waals surface area contributed by atoms with Crippen molar-refractivity contribution in [2.24, 2.45) is 0 Å². The monoisotopic (exact) mass is 416 g/mol. The van der Waals surface area contributed by atoms with E-state index in [1.54, 1.807) is 18.2 Å². The van der Waals surface area contributed by atoms with Crippen LogP contribution in [0.3, 0.4) is 0 Å². The Bertz CT molecular complexity index is 1210. The average molecular weight is 416 g/mol. The number of carbonyl (C=O) groups is 3. The van der Waals surface area contributed by atoms with Gasteiger partial charge in [-0.1, -0.05) is 35.9 Å². The highest BCUT2D eigenvalue weighted by Crippen LogP contribution is 2.27. The van der Waals surface area contributed by atoms with Crippen LogP contribution < -0.4 is 10.6 Å². The number of amides is 4. The highest BCUT2D eigenvalue weighted by Gasteiger charge is 2.35. The summed E-state index contributed by atoms with van der Waals surface area (Å²) in [5.41, 5.74) is 3.72. The summed E-state index contributed by atoms with van der Waals surface area (Å²) in [7, 11) is 0. The summed E-state index contributed by atoms with van der Waals surface area (Å²) in [6.07, 6.45) is 3.63. The molecule has 4 rings (SSSR count). The second-order valence-electron chi connectivity index (χ2n) is 7.90. The Morgan fingerprint density at radius 2 is 1.81 bits per heavy atom. The van der Waals surface area contributed by atoms with E-state index in [-0.39, 0.29) is 18.3 Å². The van der Waals surface area contributed by atoms with Crippen molar-refractivity contribution in [1.82, 2.24) is 14.8 Å². The number of aryl methyl sites for hydroxylation is 1. The number of hydrogen-bond donors (Lipinski definition) is 2. The number of para-hydroxylation sites is 1. The van der Waals surface area contributed by atoms with Crippen molar-refractivity contribution >= 4 is 40.5 Å². The zero-order valence-electron chi connectivity index (χ0n) is 17.7. The molecule has 0 spiro atoms. The van der Waals surface area contributed by atoms with Gasteiger partial charge in [0.05, 0.1) is 0 Å². The highest BCUT2D eigenvalue weighted by atomic mass is 16.2. The maximum Gasteiger partial charge on any atom is 0.329 e. The number of carbonyl (C=O) groups excluding carboxylic acids is 3. The molecule has 2 N–H and O–H groups in total. The SMILES string of the molecule is Cc1ccc(NC(=O)CN2C(=O)N/C(=C\c3cn(C(C)C)c4ccccc34)C2=O)cc1. The lowest BCUT2D eigenvalue weighted by Crippen LogP contribution is -2.38. The van der Waals surface area contributed by atoms with Gasteiger partial charge in [-0.15, -0.1) is 0 Å². The van der Waals surface area contributed by atoms with Crippen molar-refractivity contribution in [2.75, 3.05) is 11.9 Å². The first kappa shape index (κ1) is 20.4. The normalized spacial score (nSPS) is 15.2. The Balaban J connectivity index is 1.54. The number of benzene rings is 2. The molecule has 3 aromatic rings. The highest BCUT2D eigenvalue weighted by molar-refractivity contribution is 6.16. The lowest BCUT2D eigenvalue weighted by atomic mass is 10.1. The van der Waals surface area contributed by atoms with Crippen LogP contribution in [0.1, 0.15) is 31.0 Å². The van der Waals surface area contributed by atoms with Gasteiger partial charge in [-0.3, -0.25) is 9.59 Å². The first-order valence-electron chi connectivity index (χ1n) is 10.1. The number of urea groups is 1. The quantitative estimate of drug-likeness (QED) is 0.486. The summed E-state index contributed by atoms with van der Waals surface area (Å²) in [4.78, 5) is 38.4. The predicted octanol–water partition coefficient (Wildman–Crippen LogP) is 4.06. The molecule has 1 aliphatic heterocycles. The molecular formula is C24H24N4O3. The molecule has 1 saturated heterocycles. The molecule has 7 heteroatoms. The summed E-state index contributed by atoms with van der Waals surface area (Å²) in [6, 6.07) is 14.8. The fourth-order valence-corrected chi connectivity index (χ4v) is 3.63. The molecule has 0 saturated carbocycles. The van der Waals surface area contributed by atoms with E-state index >= 15 is 0 Å². The fraction of sp³-hybridized carbons (Fsp3) is 0.208. The molecule has 158 valence electrons. The zero-order valence-corrected chi connectivity index (χ0v) is 17.7. The van der Waals surface area contributed by atoms with Gasteiger partial charge in [-0.05, 0) is 45.0 Å².